The normalized spacial score (nSPS) is 17.8. The summed E-state index contributed by atoms with van der Waals surface area (Å²) < 4.78 is 0. The Balaban J connectivity index is -0.000000325. The van der Waals surface area contributed by atoms with Gasteiger partial charge in [-0.1, -0.05) is 76.9 Å². The van der Waals surface area contributed by atoms with Crippen molar-refractivity contribution in [1.29, 1.82) is 0 Å². The van der Waals surface area contributed by atoms with Crippen LogP contribution in [-0.4, -0.2) is 17.6 Å². The van der Waals surface area contributed by atoms with Crippen LogP contribution in [-0.2, 0) is 17.1 Å². The molecule has 0 radical (unpaired) electrons. The number of hydrogen-bond acceptors (Lipinski definition) is 0. The molecule has 1 atom stereocenters. The summed E-state index contributed by atoms with van der Waals surface area (Å²) in [7, 11) is -0.973. The number of hydrogen-bond donors (Lipinski definition) is 0. The minimum Gasteiger partial charge on any atom is -0.358 e. The number of rotatable bonds is 2. The molecule has 0 aromatic rings. The third-order valence-corrected chi connectivity index (χ3v) is 10.2. The molecule has 3 heteroatoms. The summed E-state index contributed by atoms with van der Waals surface area (Å²) in [4.78, 5) is 0. The van der Waals surface area contributed by atoms with Gasteiger partial charge in [0.1, 0.15) is 8.80 Å². The molecule has 0 spiro atoms. The van der Waals surface area contributed by atoms with Crippen LogP contribution >= 0.6 is 0 Å². The topological polar surface area (TPSA) is 0 Å². The van der Waals surface area contributed by atoms with E-state index in [4.69, 9.17) is 0 Å². The van der Waals surface area contributed by atoms with Crippen LogP contribution in [0.1, 0.15) is 58.3 Å². The molecule has 0 aliphatic heterocycles. The van der Waals surface area contributed by atoms with E-state index < -0.39 is 8.80 Å². The first kappa shape index (κ1) is 27.9. The van der Waals surface area contributed by atoms with Crippen molar-refractivity contribution in [2.45, 2.75) is 89.0 Å². The SMILES string of the molecule is CC#CC#C[Si@@H](C)C1CCCC1.C[SiH](C)C1CCCC1.[CH3-].[CH3-].[Fe+2]. The monoisotopic (exact) mass is 390 g/mol. The zero-order valence-electron chi connectivity index (χ0n) is 16.3. The molecule has 0 saturated heterocycles. The fraction of sp³-hybridized carbons (Fsp3) is 0.700. The van der Waals surface area contributed by atoms with Gasteiger partial charge >= 0.3 is 17.1 Å². The van der Waals surface area contributed by atoms with E-state index in [1.54, 1.807) is 12.8 Å². The average Bonchev–Trinajstić information content (AvgIpc) is 3.13. The second-order valence-corrected chi connectivity index (χ2v) is 13.0. The van der Waals surface area contributed by atoms with Gasteiger partial charge in [0, 0.05) is 8.80 Å². The third-order valence-electron chi connectivity index (χ3n) is 4.94. The van der Waals surface area contributed by atoms with Crippen LogP contribution in [0, 0.1) is 38.2 Å². The third kappa shape index (κ3) is 12.1. The Morgan fingerprint density at radius 1 is 0.739 bits per heavy atom. The minimum atomic E-state index is -0.750. The Labute approximate surface area is 161 Å². The van der Waals surface area contributed by atoms with Crippen LogP contribution in [0.5, 0.6) is 0 Å². The molecule has 0 bridgehead atoms. The molecule has 2 aliphatic rings. The maximum atomic E-state index is 3.34. The van der Waals surface area contributed by atoms with Crippen LogP contribution in [0.15, 0.2) is 0 Å². The fourth-order valence-corrected chi connectivity index (χ4v) is 7.22. The largest absolute Gasteiger partial charge is 2.00 e. The molecule has 0 amide bonds. The van der Waals surface area contributed by atoms with Crippen molar-refractivity contribution in [3.8, 4) is 23.3 Å². The van der Waals surface area contributed by atoms with Crippen molar-refractivity contribution < 1.29 is 17.1 Å². The molecule has 2 saturated carbocycles. The van der Waals surface area contributed by atoms with E-state index in [1.807, 2.05) is 6.92 Å². The van der Waals surface area contributed by atoms with E-state index in [0.29, 0.717) is 0 Å². The van der Waals surface area contributed by atoms with Crippen molar-refractivity contribution in [2.24, 2.45) is 0 Å². The molecule has 0 nitrogen and oxygen atoms in total. The van der Waals surface area contributed by atoms with E-state index in [9.17, 15) is 0 Å². The van der Waals surface area contributed by atoms with Gasteiger partial charge in [-0.05, 0) is 29.8 Å². The average molecular weight is 391 g/mol. The Morgan fingerprint density at radius 2 is 1.17 bits per heavy atom. The summed E-state index contributed by atoms with van der Waals surface area (Å²) in [6, 6.07) is 0. The van der Waals surface area contributed by atoms with Crippen molar-refractivity contribution in [2.75, 3.05) is 0 Å². The van der Waals surface area contributed by atoms with Crippen molar-refractivity contribution in [1.82, 2.24) is 0 Å². The molecule has 134 valence electrons. The van der Waals surface area contributed by atoms with E-state index in [1.165, 1.54) is 44.1 Å². The Morgan fingerprint density at radius 3 is 1.52 bits per heavy atom. The Kier molecular flexibility index (Phi) is 20.5. The molecule has 0 aromatic carbocycles. The van der Waals surface area contributed by atoms with Gasteiger partial charge in [0.05, 0.1) is 0 Å². The van der Waals surface area contributed by atoms with Gasteiger partial charge in [-0.25, -0.2) is 0 Å². The Hall–Kier alpha value is 0.0732. The second kappa shape index (κ2) is 16.9. The molecule has 0 aromatic heterocycles. The van der Waals surface area contributed by atoms with Gasteiger partial charge in [0.25, 0.3) is 0 Å². The summed E-state index contributed by atoms with van der Waals surface area (Å²) in [6.07, 6.45) is 11.9. The second-order valence-electron chi connectivity index (χ2n) is 6.77. The first-order valence-corrected chi connectivity index (χ1v) is 13.9. The van der Waals surface area contributed by atoms with E-state index in [0.717, 1.165) is 5.54 Å². The molecule has 0 heterocycles. The summed E-state index contributed by atoms with van der Waals surface area (Å²) in [5.41, 5.74) is 5.53. The first-order valence-electron chi connectivity index (χ1n) is 8.57. The quantitative estimate of drug-likeness (QED) is 0.324. The predicted molar refractivity (Wildman–Crippen MR) is 110 cm³/mol. The molecule has 2 aliphatic carbocycles. The summed E-state index contributed by atoms with van der Waals surface area (Å²) in [6.45, 7) is 9.17. The van der Waals surface area contributed by atoms with Crippen molar-refractivity contribution in [3.63, 3.8) is 0 Å². The van der Waals surface area contributed by atoms with E-state index in [-0.39, 0.29) is 40.7 Å². The van der Waals surface area contributed by atoms with Crippen LogP contribution < -0.4 is 0 Å². The van der Waals surface area contributed by atoms with Crippen LogP contribution in [0.2, 0.25) is 30.7 Å². The minimum absolute atomic E-state index is 0. The smallest absolute Gasteiger partial charge is 0.358 e. The van der Waals surface area contributed by atoms with Gasteiger partial charge in [-0.2, -0.15) is 0 Å². The predicted octanol–water partition coefficient (Wildman–Crippen LogP) is 5.67. The molecular formula is C20H38FeSi2. The van der Waals surface area contributed by atoms with Crippen LogP contribution in [0.4, 0.5) is 0 Å². The van der Waals surface area contributed by atoms with E-state index >= 15 is 0 Å². The van der Waals surface area contributed by atoms with Gasteiger partial charge in [-0.3, -0.25) is 0 Å². The maximum Gasteiger partial charge on any atom is 2.00 e. The summed E-state index contributed by atoms with van der Waals surface area (Å²) >= 11 is 0. The van der Waals surface area contributed by atoms with Gasteiger partial charge in [0.15, 0.2) is 0 Å². The van der Waals surface area contributed by atoms with Gasteiger partial charge in [0.2, 0.25) is 0 Å². The van der Waals surface area contributed by atoms with Gasteiger partial charge in [-0.15, -0.1) is 5.54 Å². The molecule has 23 heavy (non-hydrogen) atoms. The molecule has 2 fully saturated rings. The van der Waals surface area contributed by atoms with E-state index in [2.05, 4.69) is 42.9 Å². The summed E-state index contributed by atoms with van der Waals surface area (Å²) in [5.74, 6) is 8.60. The standard InChI is InChI=1S/C11H16Si.C7H16Si.2CH3.Fe/c1-3-4-7-10-12(2)11-8-5-6-9-11;1-8(2)7-5-3-4-6-7;;;/h11-12H,5-6,8-9H2,1-2H3;7-8H,3-6H2,1-2H3;2*1H3;/q;;2*-1;+2/t12-;;;;/m1..../s1. The Bertz CT molecular complexity index is 372. The molecule has 2 rings (SSSR count). The van der Waals surface area contributed by atoms with Gasteiger partial charge < -0.3 is 14.9 Å². The maximum absolute atomic E-state index is 3.34. The summed E-state index contributed by atoms with van der Waals surface area (Å²) in [5, 5.41) is 0. The molecular weight excluding hydrogens is 352 g/mol. The van der Waals surface area contributed by atoms with Crippen molar-refractivity contribution >= 4 is 17.6 Å². The molecule has 0 unspecified atom stereocenters. The van der Waals surface area contributed by atoms with Crippen LogP contribution in [0.25, 0.3) is 0 Å². The zero-order valence-corrected chi connectivity index (χ0v) is 19.7. The molecule has 0 N–H and O–H groups in total. The first-order chi connectivity index (χ1) is 9.65. The zero-order chi connectivity index (χ0) is 14.8. The fourth-order valence-electron chi connectivity index (χ4n) is 3.41. The van der Waals surface area contributed by atoms with Crippen molar-refractivity contribution in [3.05, 3.63) is 14.9 Å². The van der Waals surface area contributed by atoms with Crippen LogP contribution in [0.3, 0.4) is 0 Å².